The first-order chi connectivity index (χ1) is 12.6. The quantitative estimate of drug-likeness (QED) is 0.851. The molecule has 2 aromatic rings. The Morgan fingerprint density at radius 3 is 2.35 bits per heavy atom. The van der Waals surface area contributed by atoms with Gasteiger partial charge < -0.3 is 4.74 Å². The van der Waals surface area contributed by atoms with Crippen LogP contribution in [0.1, 0.15) is 17.2 Å². The molecular weight excluding hydrogens is 330 g/mol. The predicted octanol–water partition coefficient (Wildman–Crippen LogP) is 1.74. The van der Waals surface area contributed by atoms with Gasteiger partial charge in [0.15, 0.2) is 0 Å². The number of methoxy groups -OCH3 is 1. The number of hydrogen-bond acceptors (Lipinski definition) is 5. The van der Waals surface area contributed by atoms with E-state index in [1.807, 2.05) is 59.6 Å². The van der Waals surface area contributed by atoms with Crippen LogP contribution in [0.3, 0.4) is 0 Å². The molecule has 4 rings (SSSR count). The summed E-state index contributed by atoms with van der Waals surface area (Å²) in [7, 11) is 3.18. The van der Waals surface area contributed by atoms with Crippen molar-refractivity contribution in [1.82, 2.24) is 15.3 Å². The topological polar surface area (TPSA) is 61.9 Å². The normalized spacial score (nSPS) is 25.6. The second kappa shape index (κ2) is 6.55. The minimum atomic E-state index is -0.486. The number of nitrogens with one attached hydrogen (secondary N) is 1. The smallest absolute Gasteiger partial charge is 0.248 e. The van der Waals surface area contributed by atoms with E-state index in [1.165, 1.54) is 4.90 Å². The van der Waals surface area contributed by atoms with Crippen molar-refractivity contribution in [1.29, 1.82) is 0 Å². The number of rotatable bonds is 4. The molecule has 6 nitrogen and oxygen atoms in total. The number of carbonyl (C=O) groups is 2. The average Bonchev–Trinajstić information content (AvgIpc) is 3.15. The minimum Gasteiger partial charge on any atom is -0.497 e. The molecule has 2 amide bonds. The molecule has 2 saturated heterocycles. The highest BCUT2D eigenvalue weighted by atomic mass is 16.5. The number of likely N-dealkylation sites (N-methyl/N-ethyl adjacent to an activating group) is 1. The van der Waals surface area contributed by atoms with Crippen LogP contribution >= 0.6 is 0 Å². The molecule has 2 heterocycles. The summed E-state index contributed by atoms with van der Waals surface area (Å²) in [5.41, 5.74) is 5.45. The second-order valence-electron chi connectivity index (χ2n) is 6.70. The van der Waals surface area contributed by atoms with Gasteiger partial charge in [-0.2, -0.15) is 0 Å². The highest BCUT2D eigenvalue weighted by Gasteiger charge is 2.57. The number of nitrogens with zero attached hydrogens (tertiary/aromatic N) is 2. The first-order valence-corrected chi connectivity index (χ1v) is 8.62. The molecule has 0 aliphatic carbocycles. The van der Waals surface area contributed by atoms with E-state index in [2.05, 4.69) is 5.43 Å². The third kappa shape index (κ3) is 2.67. The molecule has 0 saturated carbocycles. The number of likely N-dealkylation sites (tertiary alicyclic amines) is 1. The Morgan fingerprint density at radius 2 is 1.69 bits per heavy atom. The molecule has 0 radical (unpaired) electrons. The Bertz CT molecular complexity index is 822. The Morgan fingerprint density at radius 1 is 1.00 bits per heavy atom. The molecule has 2 aliphatic heterocycles. The number of benzene rings is 2. The lowest BCUT2D eigenvalue weighted by atomic mass is 9.91. The lowest BCUT2D eigenvalue weighted by molar-refractivity contribution is -0.139. The summed E-state index contributed by atoms with van der Waals surface area (Å²) >= 11 is 0. The molecule has 134 valence electrons. The van der Waals surface area contributed by atoms with Crippen LogP contribution in [0.2, 0.25) is 0 Å². The van der Waals surface area contributed by atoms with Crippen molar-refractivity contribution in [2.75, 3.05) is 14.2 Å². The Hall–Kier alpha value is -2.70. The van der Waals surface area contributed by atoms with Gasteiger partial charge in [0.2, 0.25) is 11.8 Å². The summed E-state index contributed by atoms with van der Waals surface area (Å²) in [4.78, 5) is 26.6. The lowest BCUT2D eigenvalue weighted by Gasteiger charge is -2.23. The lowest BCUT2D eigenvalue weighted by Crippen LogP contribution is -2.43. The molecule has 0 unspecified atom stereocenters. The molecule has 26 heavy (non-hydrogen) atoms. The van der Waals surface area contributed by atoms with Gasteiger partial charge in [-0.25, -0.2) is 10.4 Å². The third-order valence-electron chi connectivity index (χ3n) is 5.21. The Kier molecular flexibility index (Phi) is 4.22. The zero-order valence-corrected chi connectivity index (χ0v) is 14.8. The third-order valence-corrected chi connectivity index (χ3v) is 5.21. The van der Waals surface area contributed by atoms with Crippen molar-refractivity contribution < 1.29 is 14.3 Å². The molecule has 0 bridgehead atoms. The Labute approximate surface area is 152 Å². The van der Waals surface area contributed by atoms with Crippen molar-refractivity contribution in [3.05, 3.63) is 65.7 Å². The minimum absolute atomic E-state index is 0.135. The predicted molar refractivity (Wildman–Crippen MR) is 95.9 cm³/mol. The van der Waals surface area contributed by atoms with Gasteiger partial charge in [0.05, 0.1) is 19.1 Å². The van der Waals surface area contributed by atoms with Gasteiger partial charge in [-0.05, 0) is 23.3 Å². The SMILES string of the molecule is COc1ccc([C@H]2NN(Cc3ccccc3)[C@@H]3C(=O)N(C)C(=O)[C@@H]23)cc1. The fourth-order valence-electron chi connectivity index (χ4n) is 3.83. The number of ether oxygens (including phenoxy) is 1. The van der Waals surface area contributed by atoms with Crippen molar-refractivity contribution in [3.63, 3.8) is 0 Å². The van der Waals surface area contributed by atoms with Crippen molar-refractivity contribution in [2.45, 2.75) is 18.6 Å². The van der Waals surface area contributed by atoms with E-state index in [0.717, 1.165) is 16.9 Å². The van der Waals surface area contributed by atoms with Gasteiger partial charge in [0.25, 0.3) is 0 Å². The monoisotopic (exact) mass is 351 g/mol. The van der Waals surface area contributed by atoms with E-state index in [0.29, 0.717) is 6.54 Å². The summed E-state index contributed by atoms with van der Waals surface area (Å²) < 4.78 is 5.21. The van der Waals surface area contributed by atoms with Crippen LogP contribution in [0.15, 0.2) is 54.6 Å². The maximum absolute atomic E-state index is 12.7. The van der Waals surface area contributed by atoms with E-state index in [4.69, 9.17) is 4.74 Å². The van der Waals surface area contributed by atoms with E-state index in [-0.39, 0.29) is 17.9 Å². The zero-order chi connectivity index (χ0) is 18.3. The number of fused-ring (bicyclic) bond motifs is 1. The number of amides is 2. The van der Waals surface area contributed by atoms with Gasteiger partial charge in [-0.1, -0.05) is 42.5 Å². The van der Waals surface area contributed by atoms with Crippen LogP contribution in [0, 0.1) is 5.92 Å². The maximum Gasteiger partial charge on any atom is 0.248 e. The van der Waals surface area contributed by atoms with Gasteiger partial charge in [0.1, 0.15) is 11.8 Å². The van der Waals surface area contributed by atoms with Gasteiger partial charge in [-0.15, -0.1) is 0 Å². The summed E-state index contributed by atoms with van der Waals surface area (Å²) in [6.45, 7) is 0.557. The molecule has 0 spiro atoms. The molecule has 6 heteroatoms. The van der Waals surface area contributed by atoms with Crippen LogP contribution in [-0.2, 0) is 16.1 Å². The molecular formula is C20H21N3O3. The van der Waals surface area contributed by atoms with E-state index in [1.54, 1.807) is 14.2 Å². The molecule has 0 aromatic heterocycles. The standard InChI is InChI=1S/C20H21N3O3/c1-22-19(24)16-17(14-8-10-15(26-2)11-9-14)21-23(18(16)20(22)25)12-13-6-4-3-5-7-13/h3-11,16-18,21H,12H2,1-2H3/t16-,17+,18-/m0/s1. The van der Waals surface area contributed by atoms with Gasteiger partial charge >= 0.3 is 0 Å². The molecule has 2 aromatic carbocycles. The number of imide groups is 1. The van der Waals surface area contributed by atoms with Gasteiger partial charge in [-0.3, -0.25) is 14.5 Å². The second-order valence-corrected chi connectivity index (χ2v) is 6.70. The average molecular weight is 351 g/mol. The zero-order valence-electron chi connectivity index (χ0n) is 14.8. The van der Waals surface area contributed by atoms with Crippen LogP contribution in [0.5, 0.6) is 5.75 Å². The van der Waals surface area contributed by atoms with E-state index >= 15 is 0 Å². The van der Waals surface area contributed by atoms with Crippen molar-refractivity contribution >= 4 is 11.8 Å². The van der Waals surface area contributed by atoms with Crippen LogP contribution in [-0.4, -0.2) is 41.9 Å². The van der Waals surface area contributed by atoms with Gasteiger partial charge in [0, 0.05) is 13.6 Å². The summed E-state index contributed by atoms with van der Waals surface area (Å²) in [5, 5.41) is 1.90. The van der Waals surface area contributed by atoms with Crippen LogP contribution < -0.4 is 10.2 Å². The van der Waals surface area contributed by atoms with Crippen molar-refractivity contribution in [2.24, 2.45) is 5.92 Å². The van der Waals surface area contributed by atoms with Crippen molar-refractivity contribution in [3.8, 4) is 5.75 Å². The summed E-state index contributed by atoms with van der Waals surface area (Å²) in [5.74, 6) is 0.0447. The number of carbonyl (C=O) groups excluding carboxylic acids is 2. The number of hydrazine groups is 1. The fraction of sp³-hybridized carbons (Fsp3) is 0.300. The molecule has 2 fully saturated rings. The highest BCUT2D eigenvalue weighted by molar-refractivity contribution is 6.07. The summed E-state index contributed by atoms with van der Waals surface area (Å²) in [6, 6.07) is 16.8. The van der Waals surface area contributed by atoms with Crippen LogP contribution in [0.25, 0.3) is 0 Å². The molecule has 3 atom stereocenters. The van der Waals surface area contributed by atoms with Crippen LogP contribution in [0.4, 0.5) is 0 Å². The summed E-state index contributed by atoms with van der Waals surface area (Å²) in [6.07, 6.45) is 0. The Balaban J connectivity index is 1.67. The highest BCUT2D eigenvalue weighted by Crippen LogP contribution is 2.40. The first kappa shape index (κ1) is 16.8. The number of hydrogen-bond donors (Lipinski definition) is 1. The largest absolute Gasteiger partial charge is 0.497 e. The molecule has 1 N–H and O–H groups in total. The van der Waals surface area contributed by atoms with E-state index < -0.39 is 12.0 Å². The maximum atomic E-state index is 12.7. The van der Waals surface area contributed by atoms with E-state index in [9.17, 15) is 9.59 Å². The first-order valence-electron chi connectivity index (χ1n) is 8.62. The molecule has 2 aliphatic rings. The fourth-order valence-corrected chi connectivity index (χ4v) is 3.83.